The highest BCUT2D eigenvalue weighted by molar-refractivity contribution is 9.10. The third-order valence-corrected chi connectivity index (χ3v) is 4.66. The van der Waals surface area contributed by atoms with Gasteiger partial charge in [0.05, 0.1) is 5.69 Å². The Hall–Kier alpha value is -1.21. The Morgan fingerprint density at radius 1 is 1.57 bits per heavy atom. The molecule has 2 N–H and O–H groups in total. The van der Waals surface area contributed by atoms with Crippen molar-refractivity contribution in [3.8, 4) is 0 Å². The summed E-state index contributed by atoms with van der Waals surface area (Å²) in [6.45, 7) is 6.82. The number of thiocarbonyl (C=S) groups is 1. The summed E-state index contributed by atoms with van der Waals surface area (Å²) < 4.78 is 14.4. The summed E-state index contributed by atoms with van der Waals surface area (Å²) in [5.41, 5.74) is 0.155. The van der Waals surface area contributed by atoms with E-state index in [0.29, 0.717) is 16.1 Å². The number of halogens is 2. The minimum absolute atomic E-state index is 0.0319. The summed E-state index contributed by atoms with van der Waals surface area (Å²) in [5.74, 6) is -0.691. The minimum atomic E-state index is -0.460. The summed E-state index contributed by atoms with van der Waals surface area (Å²) in [6, 6.07) is 4.81. The van der Waals surface area contributed by atoms with E-state index in [1.54, 1.807) is 6.07 Å². The third kappa shape index (κ3) is 4.88. The van der Waals surface area contributed by atoms with Crippen LogP contribution >= 0.6 is 28.1 Å². The first-order valence-corrected chi connectivity index (χ1v) is 8.72. The van der Waals surface area contributed by atoms with Crippen LogP contribution in [-0.2, 0) is 4.79 Å². The van der Waals surface area contributed by atoms with Crippen LogP contribution in [0.15, 0.2) is 22.7 Å². The van der Waals surface area contributed by atoms with Gasteiger partial charge in [-0.2, -0.15) is 0 Å². The number of amides is 1. The number of carbonyl (C=O) groups is 1. The number of benzene rings is 1. The molecule has 0 spiro atoms. The van der Waals surface area contributed by atoms with E-state index >= 15 is 0 Å². The molecule has 0 saturated carbocycles. The lowest BCUT2D eigenvalue weighted by atomic mass is 9.93. The van der Waals surface area contributed by atoms with Gasteiger partial charge in [0, 0.05) is 29.0 Å². The second-order valence-electron chi connectivity index (χ2n) is 6.48. The molecule has 1 aliphatic rings. The first-order valence-electron chi connectivity index (χ1n) is 7.51. The second kappa shape index (κ2) is 7.13. The zero-order valence-corrected chi connectivity index (χ0v) is 15.9. The fraction of sp³-hybridized carbons (Fsp3) is 0.500. The normalized spacial score (nSPS) is 20.1. The Labute approximate surface area is 149 Å². The van der Waals surface area contributed by atoms with Crippen molar-refractivity contribution in [2.24, 2.45) is 0 Å². The van der Waals surface area contributed by atoms with Gasteiger partial charge < -0.3 is 15.5 Å². The lowest BCUT2D eigenvalue weighted by Gasteiger charge is -2.44. The number of hydrogen-bond acceptors (Lipinski definition) is 2. The van der Waals surface area contributed by atoms with Crippen LogP contribution in [0.5, 0.6) is 0 Å². The molecule has 2 rings (SSSR count). The van der Waals surface area contributed by atoms with Gasteiger partial charge in [0.2, 0.25) is 5.91 Å². The third-order valence-electron chi connectivity index (χ3n) is 3.83. The van der Waals surface area contributed by atoms with Gasteiger partial charge in [0.25, 0.3) is 0 Å². The van der Waals surface area contributed by atoms with Crippen LogP contribution in [-0.4, -0.2) is 34.0 Å². The van der Waals surface area contributed by atoms with E-state index in [4.69, 9.17) is 12.2 Å². The molecule has 0 aliphatic carbocycles. The van der Waals surface area contributed by atoms with Gasteiger partial charge in [-0.05, 0) is 57.6 Å². The topological polar surface area (TPSA) is 44.4 Å². The number of carbonyl (C=O) groups excluding carboxylic acids is 1. The fourth-order valence-corrected chi connectivity index (χ4v) is 3.69. The lowest BCUT2D eigenvalue weighted by Crippen LogP contribution is -2.60. The largest absolute Gasteiger partial charge is 0.358 e. The Morgan fingerprint density at radius 3 is 2.87 bits per heavy atom. The van der Waals surface area contributed by atoms with Crippen LogP contribution in [0.3, 0.4) is 0 Å². The summed E-state index contributed by atoms with van der Waals surface area (Å²) in [5, 5.41) is 6.55. The predicted octanol–water partition coefficient (Wildman–Crippen LogP) is 3.66. The van der Waals surface area contributed by atoms with Crippen molar-refractivity contribution in [3.63, 3.8) is 0 Å². The summed E-state index contributed by atoms with van der Waals surface area (Å²) >= 11 is 8.57. The maximum absolute atomic E-state index is 13.7. The van der Waals surface area contributed by atoms with Gasteiger partial charge in [0.15, 0.2) is 5.11 Å². The standard InChI is InChI=1S/C16H21BrFN3OS/c1-10-9-16(2,3)20-15(23)21(10)7-6-14(22)19-13-5-4-11(17)8-12(13)18/h4-5,8,10H,6-7,9H2,1-3H3,(H,19,22)(H,20,23). The molecule has 4 nitrogen and oxygen atoms in total. The maximum atomic E-state index is 13.7. The molecule has 23 heavy (non-hydrogen) atoms. The van der Waals surface area contributed by atoms with Gasteiger partial charge in [-0.3, -0.25) is 4.79 Å². The number of nitrogens with zero attached hydrogens (tertiary/aromatic N) is 1. The number of anilines is 1. The van der Waals surface area contributed by atoms with Crippen LogP contribution in [0.1, 0.15) is 33.6 Å². The lowest BCUT2D eigenvalue weighted by molar-refractivity contribution is -0.116. The summed E-state index contributed by atoms with van der Waals surface area (Å²) in [4.78, 5) is 14.1. The molecule has 0 radical (unpaired) electrons. The minimum Gasteiger partial charge on any atom is -0.358 e. The van der Waals surface area contributed by atoms with E-state index in [1.165, 1.54) is 12.1 Å². The fourth-order valence-electron chi connectivity index (χ4n) is 2.81. The zero-order chi connectivity index (χ0) is 17.2. The van der Waals surface area contributed by atoms with Crippen LogP contribution in [0.4, 0.5) is 10.1 Å². The van der Waals surface area contributed by atoms with Gasteiger partial charge in [-0.15, -0.1) is 0 Å². The number of nitrogens with one attached hydrogen (secondary N) is 2. The van der Waals surface area contributed by atoms with Crippen LogP contribution in [0.25, 0.3) is 0 Å². The Morgan fingerprint density at radius 2 is 2.26 bits per heavy atom. The molecule has 1 saturated heterocycles. The maximum Gasteiger partial charge on any atom is 0.226 e. The van der Waals surface area contributed by atoms with E-state index in [9.17, 15) is 9.18 Å². The average molecular weight is 402 g/mol. The van der Waals surface area contributed by atoms with Crippen molar-refractivity contribution in [2.75, 3.05) is 11.9 Å². The first kappa shape index (κ1) is 18.1. The van der Waals surface area contributed by atoms with E-state index in [2.05, 4.69) is 47.3 Å². The van der Waals surface area contributed by atoms with Crippen LogP contribution in [0.2, 0.25) is 0 Å². The molecule has 0 bridgehead atoms. The quantitative estimate of drug-likeness (QED) is 0.755. The molecule has 0 aromatic heterocycles. The first-order chi connectivity index (χ1) is 10.7. The van der Waals surface area contributed by atoms with Gasteiger partial charge >= 0.3 is 0 Å². The van der Waals surface area contributed by atoms with E-state index in [0.717, 1.165) is 6.42 Å². The van der Waals surface area contributed by atoms with Crippen molar-refractivity contribution in [1.29, 1.82) is 0 Å². The average Bonchev–Trinajstić information content (AvgIpc) is 2.39. The molecular weight excluding hydrogens is 381 g/mol. The van der Waals surface area contributed by atoms with E-state index < -0.39 is 5.82 Å². The van der Waals surface area contributed by atoms with Gasteiger partial charge in [-0.1, -0.05) is 15.9 Å². The highest BCUT2D eigenvalue weighted by Gasteiger charge is 2.32. The van der Waals surface area contributed by atoms with Gasteiger partial charge in [0.1, 0.15) is 5.82 Å². The molecule has 126 valence electrons. The molecule has 1 atom stereocenters. The van der Waals surface area contributed by atoms with Crippen LogP contribution in [0, 0.1) is 5.82 Å². The number of rotatable bonds is 4. The summed E-state index contributed by atoms with van der Waals surface area (Å²) in [6.07, 6.45) is 1.19. The number of hydrogen-bond donors (Lipinski definition) is 2. The van der Waals surface area contributed by atoms with Crippen LogP contribution < -0.4 is 10.6 Å². The highest BCUT2D eigenvalue weighted by atomic mass is 79.9. The van der Waals surface area contributed by atoms with Crippen molar-refractivity contribution in [2.45, 2.75) is 45.2 Å². The highest BCUT2D eigenvalue weighted by Crippen LogP contribution is 2.23. The molecule has 1 fully saturated rings. The smallest absolute Gasteiger partial charge is 0.226 e. The van der Waals surface area contributed by atoms with Gasteiger partial charge in [-0.25, -0.2) is 4.39 Å². The monoisotopic (exact) mass is 401 g/mol. The molecule has 1 aromatic rings. The summed E-state index contributed by atoms with van der Waals surface area (Å²) in [7, 11) is 0. The molecule has 1 aromatic carbocycles. The van der Waals surface area contributed by atoms with Crippen molar-refractivity contribution < 1.29 is 9.18 Å². The Bertz CT molecular complexity index is 623. The molecule has 1 aliphatic heterocycles. The molecule has 1 amide bonds. The van der Waals surface area contributed by atoms with E-state index in [1.807, 2.05) is 4.90 Å². The predicted molar refractivity (Wildman–Crippen MR) is 97.9 cm³/mol. The molecule has 1 heterocycles. The van der Waals surface area contributed by atoms with Crippen molar-refractivity contribution in [1.82, 2.24) is 10.2 Å². The molecular formula is C16H21BrFN3OS. The second-order valence-corrected chi connectivity index (χ2v) is 7.79. The molecule has 7 heteroatoms. The van der Waals surface area contributed by atoms with Crippen molar-refractivity contribution >= 4 is 44.9 Å². The Kier molecular flexibility index (Phi) is 5.62. The SMILES string of the molecule is CC1CC(C)(C)NC(=S)N1CCC(=O)Nc1ccc(Br)cc1F. The zero-order valence-electron chi connectivity index (χ0n) is 13.5. The molecule has 1 unspecified atom stereocenters. The van der Waals surface area contributed by atoms with Crippen molar-refractivity contribution in [3.05, 3.63) is 28.5 Å². The van der Waals surface area contributed by atoms with E-state index in [-0.39, 0.29) is 29.6 Å². The Balaban J connectivity index is 1.90.